The van der Waals surface area contributed by atoms with Crippen molar-refractivity contribution in [2.75, 3.05) is 26.3 Å². The predicted octanol–water partition coefficient (Wildman–Crippen LogP) is 1.36. The highest BCUT2D eigenvalue weighted by molar-refractivity contribution is 5.80. The second-order valence-electron chi connectivity index (χ2n) is 6.00. The molecule has 4 nitrogen and oxygen atoms in total. The minimum absolute atomic E-state index is 0.289. The van der Waals surface area contributed by atoms with E-state index in [9.17, 15) is 4.79 Å². The van der Waals surface area contributed by atoms with Gasteiger partial charge in [-0.05, 0) is 31.6 Å². The van der Waals surface area contributed by atoms with E-state index in [2.05, 4.69) is 10.2 Å². The van der Waals surface area contributed by atoms with E-state index >= 15 is 0 Å². The second kappa shape index (κ2) is 5.57. The van der Waals surface area contributed by atoms with Crippen LogP contribution in [0.25, 0.3) is 0 Å². The van der Waals surface area contributed by atoms with Crippen LogP contribution in [-0.4, -0.2) is 43.3 Å². The fraction of sp³-hybridized carbons (Fsp3) is 0.929. The molecule has 102 valence electrons. The van der Waals surface area contributed by atoms with Crippen LogP contribution in [0, 0.1) is 11.8 Å². The third kappa shape index (κ3) is 2.54. The van der Waals surface area contributed by atoms with Crippen LogP contribution in [0.4, 0.5) is 0 Å². The maximum atomic E-state index is 12.0. The lowest BCUT2D eigenvalue weighted by atomic mass is 9.99. The van der Waals surface area contributed by atoms with E-state index in [1.54, 1.807) is 0 Å². The molecular formula is C14H24N2O2. The van der Waals surface area contributed by atoms with Gasteiger partial charge in [-0.3, -0.25) is 10.1 Å². The number of nitrogens with zero attached hydrogens (tertiary/aromatic N) is 1. The normalized spacial score (nSPS) is 34.4. The Labute approximate surface area is 109 Å². The molecular weight excluding hydrogens is 228 g/mol. The summed E-state index contributed by atoms with van der Waals surface area (Å²) < 4.78 is 5.53. The molecule has 3 fully saturated rings. The van der Waals surface area contributed by atoms with Gasteiger partial charge in [-0.1, -0.05) is 12.8 Å². The fourth-order valence-corrected chi connectivity index (χ4v) is 3.70. The third-order valence-electron chi connectivity index (χ3n) is 4.67. The molecule has 3 rings (SSSR count). The van der Waals surface area contributed by atoms with Crippen molar-refractivity contribution in [3.8, 4) is 0 Å². The molecule has 1 amide bonds. The fourth-order valence-electron chi connectivity index (χ4n) is 3.70. The molecule has 0 aromatic rings. The summed E-state index contributed by atoms with van der Waals surface area (Å²) in [7, 11) is 0. The first-order valence-corrected chi connectivity index (χ1v) is 7.45. The van der Waals surface area contributed by atoms with Gasteiger partial charge in [-0.15, -0.1) is 0 Å². The summed E-state index contributed by atoms with van der Waals surface area (Å²) in [6.07, 6.45) is 7.89. The van der Waals surface area contributed by atoms with Crippen molar-refractivity contribution in [1.29, 1.82) is 0 Å². The number of amides is 1. The van der Waals surface area contributed by atoms with E-state index in [1.165, 1.54) is 32.1 Å². The first-order chi connectivity index (χ1) is 8.84. The van der Waals surface area contributed by atoms with Crippen molar-refractivity contribution in [3.05, 3.63) is 0 Å². The van der Waals surface area contributed by atoms with Gasteiger partial charge in [0.1, 0.15) is 0 Å². The molecule has 0 radical (unpaired) electrons. The van der Waals surface area contributed by atoms with Gasteiger partial charge in [-0.25, -0.2) is 0 Å². The van der Waals surface area contributed by atoms with Crippen LogP contribution in [0.15, 0.2) is 0 Å². The van der Waals surface area contributed by atoms with Crippen LogP contribution in [0.3, 0.4) is 0 Å². The average molecular weight is 252 g/mol. The van der Waals surface area contributed by atoms with E-state index in [0.717, 1.165) is 26.2 Å². The molecule has 1 saturated carbocycles. The molecule has 2 unspecified atom stereocenters. The Morgan fingerprint density at radius 1 is 1.22 bits per heavy atom. The lowest BCUT2D eigenvalue weighted by molar-refractivity contribution is -0.130. The summed E-state index contributed by atoms with van der Waals surface area (Å²) >= 11 is 0. The first kappa shape index (κ1) is 12.4. The molecule has 2 saturated heterocycles. The smallest absolute Gasteiger partial charge is 0.237 e. The van der Waals surface area contributed by atoms with Gasteiger partial charge in [-0.2, -0.15) is 0 Å². The van der Waals surface area contributed by atoms with Crippen molar-refractivity contribution < 1.29 is 9.53 Å². The molecule has 0 aromatic carbocycles. The summed E-state index contributed by atoms with van der Waals surface area (Å²) in [6, 6.07) is 0. The van der Waals surface area contributed by atoms with Crippen LogP contribution in [0.5, 0.6) is 0 Å². The molecule has 0 bridgehead atoms. The van der Waals surface area contributed by atoms with Crippen LogP contribution < -0.4 is 5.32 Å². The Morgan fingerprint density at radius 3 is 2.78 bits per heavy atom. The van der Waals surface area contributed by atoms with Crippen LogP contribution in [0.2, 0.25) is 0 Å². The average Bonchev–Trinajstić information content (AvgIpc) is 3.02. The molecule has 1 N–H and O–H groups in total. The predicted molar refractivity (Wildman–Crippen MR) is 69.0 cm³/mol. The Hall–Kier alpha value is -0.610. The third-order valence-corrected chi connectivity index (χ3v) is 4.67. The van der Waals surface area contributed by atoms with E-state index in [1.807, 2.05) is 0 Å². The molecule has 2 aliphatic heterocycles. The van der Waals surface area contributed by atoms with Crippen molar-refractivity contribution in [2.24, 2.45) is 11.8 Å². The number of nitrogens with one attached hydrogen (secondary N) is 1. The monoisotopic (exact) mass is 252 g/mol. The molecule has 2 heterocycles. The van der Waals surface area contributed by atoms with Gasteiger partial charge in [0.2, 0.25) is 5.91 Å². The minimum atomic E-state index is 0.289. The zero-order valence-corrected chi connectivity index (χ0v) is 11.1. The standard InChI is InChI=1S/C14H24N2O2/c17-13-8-15-14(12-5-1-2-6-12)16(13)9-11-4-3-7-18-10-11/h11-12,14-15H,1-10H2. The zero-order valence-electron chi connectivity index (χ0n) is 11.1. The Morgan fingerprint density at radius 2 is 2.06 bits per heavy atom. The Kier molecular flexibility index (Phi) is 3.85. The summed E-state index contributed by atoms with van der Waals surface area (Å²) in [5.41, 5.74) is 0. The topological polar surface area (TPSA) is 41.6 Å². The number of carbonyl (C=O) groups excluding carboxylic acids is 1. The molecule has 1 aliphatic carbocycles. The Balaban J connectivity index is 1.61. The van der Waals surface area contributed by atoms with E-state index in [-0.39, 0.29) is 5.91 Å². The number of hydrogen-bond donors (Lipinski definition) is 1. The van der Waals surface area contributed by atoms with Gasteiger partial charge >= 0.3 is 0 Å². The molecule has 0 spiro atoms. The van der Waals surface area contributed by atoms with E-state index in [4.69, 9.17) is 4.74 Å². The number of carbonyl (C=O) groups is 1. The van der Waals surface area contributed by atoms with E-state index in [0.29, 0.717) is 24.5 Å². The number of hydrogen-bond acceptors (Lipinski definition) is 3. The summed E-state index contributed by atoms with van der Waals surface area (Å²) in [6.45, 7) is 3.16. The molecule has 3 aliphatic rings. The van der Waals surface area contributed by atoms with Crippen LogP contribution in [-0.2, 0) is 9.53 Å². The van der Waals surface area contributed by atoms with E-state index < -0.39 is 0 Å². The van der Waals surface area contributed by atoms with Crippen molar-refractivity contribution >= 4 is 5.91 Å². The largest absolute Gasteiger partial charge is 0.381 e. The summed E-state index contributed by atoms with van der Waals surface area (Å²) in [5.74, 6) is 1.52. The number of rotatable bonds is 3. The second-order valence-corrected chi connectivity index (χ2v) is 6.00. The maximum absolute atomic E-state index is 12.0. The van der Waals surface area contributed by atoms with Crippen molar-refractivity contribution in [1.82, 2.24) is 10.2 Å². The van der Waals surface area contributed by atoms with Gasteiger partial charge in [0, 0.05) is 19.1 Å². The molecule has 0 aromatic heterocycles. The highest BCUT2D eigenvalue weighted by atomic mass is 16.5. The SMILES string of the molecule is O=C1CNC(C2CCCC2)N1CC1CCCOC1. The van der Waals surface area contributed by atoms with Crippen LogP contribution in [0.1, 0.15) is 38.5 Å². The van der Waals surface area contributed by atoms with Gasteiger partial charge in [0.25, 0.3) is 0 Å². The summed E-state index contributed by atoms with van der Waals surface area (Å²) in [5, 5.41) is 3.42. The zero-order chi connectivity index (χ0) is 12.4. The highest BCUT2D eigenvalue weighted by Crippen LogP contribution is 2.31. The first-order valence-electron chi connectivity index (χ1n) is 7.45. The summed E-state index contributed by atoms with van der Waals surface area (Å²) in [4.78, 5) is 14.1. The van der Waals surface area contributed by atoms with Crippen molar-refractivity contribution in [3.63, 3.8) is 0 Å². The highest BCUT2D eigenvalue weighted by Gasteiger charge is 2.38. The minimum Gasteiger partial charge on any atom is -0.381 e. The van der Waals surface area contributed by atoms with Crippen molar-refractivity contribution in [2.45, 2.75) is 44.7 Å². The maximum Gasteiger partial charge on any atom is 0.237 e. The lowest BCUT2D eigenvalue weighted by Gasteiger charge is -2.33. The van der Waals surface area contributed by atoms with Gasteiger partial charge in [0.05, 0.1) is 19.3 Å². The molecule has 18 heavy (non-hydrogen) atoms. The molecule has 4 heteroatoms. The van der Waals surface area contributed by atoms with Gasteiger partial charge < -0.3 is 9.64 Å². The Bertz CT molecular complexity index is 296. The lowest BCUT2D eigenvalue weighted by Crippen LogP contribution is -2.45. The van der Waals surface area contributed by atoms with Crippen LogP contribution >= 0.6 is 0 Å². The van der Waals surface area contributed by atoms with Gasteiger partial charge in [0.15, 0.2) is 0 Å². The number of ether oxygens (including phenoxy) is 1. The molecule has 2 atom stereocenters. The quantitative estimate of drug-likeness (QED) is 0.824.